The zero-order chi connectivity index (χ0) is 14.8. The summed E-state index contributed by atoms with van der Waals surface area (Å²) in [6, 6.07) is 1.90. The molecule has 0 spiro atoms. The Morgan fingerprint density at radius 2 is 2.10 bits per heavy atom. The largest absolute Gasteiger partial charge is 0.373 e. The van der Waals surface area contributed by atoms with Crippen LogP contribution in [0.4, 0.5) is 5.82 Å². The molecule has 1 aromatic rings. The lowest BCUT2D eigenvalue weighted by molar-refractivity contribution is -0.131. The average molecular weight is 276 g/mol. The number of rotatable bonds is 3. The number of hydrogen-bond donors (Lipinski definition) is 1. The summed E-state index contributed by atoms with van der Waals surface area (Å²) in [5.74, 6) is 1.73. The number of likely N-dealkylation sites (tertiary alicyclic amines) is 1. The number of hydrogen-bond acceptors (Lipinski definition) is 4. The van der Waals surface area contributed by atoms with E-state index in [1.165, 1.54) is 0 Å². The van der Waals surface area contributed by atoms with Crippen molar-refractivity contribution >= 4 is 11.7 Å². The van der Waals surface area contributed by atoms with Crippen molar-refractivity contribution in [3.8, 4) is 0 Å². The number of carbonyl (C=O) groups is 1. The Kier molecular flexibility index (Phi) is 4.26. The fraction of sp³-hybridized carbons (Fsp3) is 0.667. The minimum Gasteiger partial charge on any atom is -0.373 e. The molecular formula is C15H24N4O. The molecule has 1 aliphatic rings. The quantitative estimate of drug-likeness (QED) is 0.920. The van der Waals surface area contributed by atoms with Crippen LogP contribution < -0.4 is 5.32 Å². The van der Waals surface area contributed by atoms with Gasteiger partial charge >= 0.3 is 0 Å². The van der Waals surface area contributed by atoms with Crippen molar-refractivity contribution in [3.05, 3.63) is 17.6 Å². The van der Waals surface area contributed by atoms with E-state index in [2.05, 4.69) is 29.1 Å². The van der Waals surface area contributed by atoms with Gasteiger partial charge < -0.3 is 10.2 Å². The van der Waals surface area contributed by atoms with E-state index < -0.39 is 0 Å². The molecule has 0 radical (unpaired) electrons. The number of aromatic nitrogens is 2. The molecule has 1 fully saturated rings. The highest BCUT2D eigenvalue weighted by molar-refractivity contribution is 5.76. The van der Waals surface area contributed by atoms with Crippen LogP contribution in [0.15, 0.2) is 6.07 Å². The van der Waals surface area contributed by atoms with Gasteiger partial charge in [-0.15, -0.1) is 0 Å². The molecule has 1 aromatic heterocycles. The lowest BCUT2D eigenvalue weighted by Crippen LogP contribution is -2.31. The highest BCUT2D eigenvalue weighted by Gasteiger charge is 2.27. The maximum absolute atomic E-state index is 12.2. The van der Waals surface area contributed by atoms with Crippen LogP contribution >= 0.6 is 0 Å². The second kappa shape index (κ2) is 5.77. The summed E-state index contributed by atoms with van der Waals surface area (Å²) in [6.07, 6.45) is 2.61. The lowest BCUT2D eigenvalue weighted by Gasteiger charge is -2.23. The second-order valence-electron chi connectivity index (χ2n) is 6.29. The summed E-state index contributed by atoms with van der Waals surface area (Å²) in [7, 11) is 1.84. The van der Waals surface area contributed by atoms with Crippen LogP contribution in [0.5, 0.6) is 0 Å². The first kappa shape index (κ1) is 14.8. The molecule has 0 unspecified atom stereocenters. The number of nitrogens with one attached hydrogen (secondary N) is 1. The molecule has 110 valence electrons. The minimum atomic E-state index is 0.215. The monoisotopic (exact) mass is 276 g/mol. The predicted octanol–water partition coefficient (Wildman–Crippen LogP) is 2.37. The number of nitrogens with zero attached hydrogens (tertiary/aromatic N) is 3. The SMILES string of the molecule is CNc1cc(C)nc(CN2CCC(C)(C)CCC2=O)n1. The molecule has 1 N–H and O–H groups in total. The Balaban J connectivity index is 2.12. The normalized spacial score (nSPS) is 18.8. The highest BCUT2D eigenvalue weighted by Crippen LogP contribution is 2.30. The number of carbonyl (C=O) groups excluding carboxylic acids is 1. The minimum absolute atomic E-state index is 0.215. The van der Waals surface area contributed by atoms with Crippen LogP contribution in [0.3, 0.4) is 0 Å². The molecular weight excluding hydrogens is 252 g/mol. The smallest absolute Gasteiger partial charge is 0.222 e. The van der Waals surface area contributed by atoms with Gasteiger partial charge in [0.15, 0.2) is 0 Å². The Morgan fingerprint density at radius 3 is 2.80 bits per heavy atom. The average Bonchev–Trinajstić information content (AvgIpc) is 2.51. The van der Waals surface area contributed by atoms with Crippen molar-refractivity contribution in [1.29, 1.82) is 0 Å². The third-order valence-electron chi connectivity index (χ3n) is 3.92. The van der Waals surface area contributed by atoms with Gasteiger partial charge in [0.25, 0.3) is 0 Å². The van der Waals surface area contributed by atoms with Gasteiger partial charge in [0, 0.05) is 31.8 Å². The maximum atomic E-state index is 12.2. The van der Waals surface area contributed by atoms with Crippen molar-refractivity contribution in [2.75, 3.05) is 18.9 Å². The van der Waals surface area contributed by atoms with E-state index in [1.54, 1.807) is 0 Å². The summed E-state index contributed by atoms with van der Waals surface area (Å²) in [6.45, 7) is 7.70. The molecule has 2 rings (SSSR count). The Morgan fingerprint density at radius 1 is 1.35 bits per heavy atom. The van der Waals surface area contributed by atoms with Gasteiger partial charge in [-0.05, 0) is 25.2 Å². The van der Waals surface area contributed by atoms with Gasteiger partial charge in [0.05, 0.1) is 6.54 Å². The summed E-state index contributed by atoms with van der Waals surface area (Å²) < 4.78 is 0. The molecule has 0 saturated carbocycles. The molecule has 0 bridgehead atoms. The number of aryl methyl sites for hydroxylation is 1. The topological polar surface area (TPSA) is 58.1 Å². The van der Waals surface area contributed by atoms with Crippen molar-refractivity contribution in [1.82, 2.24) is 14.9 Å². The molecule has 1 amide bonds. The highest BCUT2D eigenvalue weighted by atomic mass is 16.2. The van der Waals surface area contributed by atoms with E-state index in [0.29, 0.717) is 18.8 Å². The molecule has 1 aliphatic heterocycles. The molecule has 2 heterocycles. The molecule has 1 saturated heterocycles. The second-order valence-corrected chi connectivity index (χ2v) is 6.29. The predicted molar refractivity (Wildman–Crippen MR) is 79.4 cm³/mol. The van der Waals surface area contributed by atoms with Crippen LogP contribution in [0, 0.1) is 12.3 Å². The summed E-state index contributed by atoms with van der Waals surface area (Å²) in [5, 5.41) is 3.03. The first-order chi connectivity index (χ1) is 9.39. The van der Waals surface area contributed by atoms with E-state index in [9.17, 15) is 4.79 Å². The number of amides is 1. The third-order valence-corrected chi connectivity index (χ3v) is 3.92. The van der Waals surface area contributed by atoms with Gasteiger partial charge in [-0.2, -0.15) is 0 Å². The van der Waals surface area contributed by atoms with Crippen molar-refractivity contribution in [2.45, 2.75) is 46.6 Å². The Labute approximate surface area is 120 Å². The van der Waals surface area contributed by atoms with E-state index in [-0.39, 0.29) is 11.3 Å². The lowest BCUT2D eigenvalue weighted by atomic mass is 9.85. The van der Waals surface area contributed by atoms with Gasteiger partial charge in [-0.3, -0.25) is 4.79 Å². The zero-order valence-electron chi connectivity index (χ0n) is 12.9. The first-order valence-electron chi connectivity index (χ1n) is 7.20. The van der Waals surface area contributed by atoms with Crippen LogP contribution in [0.25, 0.3) is 0 Å². The van der Waals surface area contributed by atoms with Crippen LogP contribution in [-0.2, 0) is 11.3 Å². The number of anilines is 1. The Hall–Kier alpha value is -1.65. The summed E-state index contributed by atoms with van der Waals surface area (Å²) in [4.78, 5) is 23.0. The van der Waals surface area contributed by atoms with Gasteiger partial charge in [-0.1, -0.05) is 13.8 Å². The summed E-state index contributed by atoms with van der Waals surface area (Å²) in [5.41, 5.74) is 1.16. The van der Waals surface area contributed by atoms with Crippen LogP contribution in [0.1, 0.15) is 44.6 Å². The molecule has 20 heavy (non-hydrogen) atoms. The molecule has 0 aliphatic carbocycles. The molecule has 0 aromatic carbocycles. The standard InChI is InChI=1S/C15H24N4O/c1-11-9-12(16-4)18-13(17-11)10-19-8-7-15(2,3)6-5-14(19)20/h9H,5-8,10H2,1-4H3,(H,16,17,18). The van der Waals surface area contributed by atoms with Gasteiger partial charge in [0.2, 0.25) is 5.91 Å². The molecule has 5 nitrogen and oxygen atoms in total. The fourth-order valence-electron chi connectivity index (χ4n) is 2.46. The van der Waals surface area contributed by atoms with E-state index in [1.807, 2.05) is 24.9 Å². The first-order valence-corrected chi connectivity index (χ1v) is 7.20. The molecule has 5 heteroatoms. The van der Waals surface area contributed by atoms with Crippen molar-refractivity contribution in [3.63, 3.8) is 0 Å². The van der Waals surface area contributed by atoms with Gasteiger partial charge in [-0.25, -0.2) is 9.97 Å². The third kappa shape index (κ3) is 3.68. The van der Waals surface area contributed by atoms with Gasteiger partial charge in [0.1, 0.15) is 11.6 Å². The van der Waals surface area contributed by atoms with Crippen LogP contribution in [0.2, 0.25) is 0 Å². The zero-order valence-corrected chi connectivity index (χ0v) is 12.9. The van der Waals surface area contributed by atoms with E-state index in [4.69, 9.17) is 0 Å². The van der Waals surface area contributed by atoms with Crippen molar-refractivity contribution in [2.24, 2.45) is 5.41 Å². The maximum Gasteiger partial charge on any atom is 0.222 e. The summed E-state index contributed by atoms with van der Waals surface area (Å²) >= 11 is 0. The van der Waals surface area contributed by atoms with E-state index >= 15 is 0 Å². The van der Waals surface area contributed by atoms with Crippen LogP contribution in [-0.4, -0.2) is 34.4 Å². The van der Waals surface area contributed by atoms with E-state index in [0.717, 1.165) is 30.9 Å². The Bertz CT molecular complexity index is 499. The fourth-order valence-corrected chi connectivity index (χ4v) is 2.46. The van der Waals surface area contributed by atoms with Crippen molar-refractivity contribution < 1.29 is 4.79 Å². The molecule has 0 atom stereocenters.